The molecule has 7 aliphatic rings. The van der Waals surface area contributed by atoms with E-state index in [0.29, 0.717) is 16.3 Å². The standard InChI is InChI=1S/C36H55N2O5.C2H4O2/c1-27(39)42-31-19-15-11-7-3-6-10-14-18-24-38-26-29-25-35(34(38)41)21-16-12-8-4-5-9-13-17-22-37-23-20-30(29)36(38,33(35)37)32(31)43-28(2)40;1-2(3)4/h6-7,10-11,15,19,29-34,41H,3-5,8-9,12-14,16-18,20-26H2,1-2H3;1H3,(H,3,4)/q+1;/p-1/b10-6-,11-7-,19-15+;/t29-,30?,31+,32+,33?,34?,35?,36+,38?;/m0./s1. The van der Waals surface area contributed by atoms with Crippen LogP contribution in [0.4, 0.5) is 0 Å². The van der Waals surface area contributed by atoms with Gasteiger partial charge in [-0.3, -0.25) is 19.0 Å². The van der Waals surface area contributed by atoms with E-state index in [1.54, 1.807) is 0 Å². The fourth-order valence-electron chi connectivity index (χ4n) is 11.3. The van der Waals surface area contributed by atoms with Crippen molar-refractivity contribution < 1.29 is 38.6 Å². The van der Waals surface area contributed by atoms with Crippen molar-refractivity contribution in [1.82, 2.24) is 4.90 Å². The van der Waals surface area contributed by atoms with Crippen molar-refractivity contribution in [2.24, 2.45) is 17.3 Å². The highest BCUT2D eigenvalue weighted by Gasteiger charge is 2.90. The molecular formula is C38H58N2O7. The summed E-state index contributed by atoms with van der Waals surface area (Å²) in [6.45, 7) is 7.76. The Morgan fingerprint density at radius 1 is 0.872 bits per heavy atom. The predicted molar refractivity (Wildman–Crippen MR) is 177 cm³/mol. The molecule has 1 N–H and O–H groups in total. The monoisotopic (exact) mass is 654 g/mol. The number of carbonyl (C=O) groups is 3. The van der Waals surface area contributed by atoms with Crippen molar-refractivity contribution in [3.63, 3.8) is 0 Å². The number of piperidine rings is 2. The van der Waals surface area contributed by atoms with Gasteiger partial charge in [-0.1, -0.05) is 75.3 Å². The van der Waals surface area contributed by atoms with E-state index in [4.69, 9.17) is 19.4 Å². The van der Waals surface area contributed by atoms with Crippen LogP contribution in [0.15, 0.2) is 36.5 Å². The largest absolute Gasteiger partial charge is 0.550 e. The minimum Gasteiger partial charge on any atom is -0.550 e. The number of hydrogen-bond acceptors (Lipinski definition) is 8. The van der Waals surface area contributed by atoms with Gasteiger partial charge in [0.05, 0.1) is 24.5 Å². The first kappa shape index (κ1) is 35.8. The second-order valence-corrected chi connectivity index (χ2v) is 15.1. The summed E-state index contributed by atoms with van der Waals surface area (Å²) in [4.78, 5) is 37.4. The Hall–Kier alpha value is -2.49. The minimum atomic E-state index is -1.08. The second kappa shape index (κ2) is 15.4. The Balaban J connectivity index is 0.00000103. The third-order valence-corrected chi connectivity index (χ3v) is 12.3. The molecule has 0 amide bonds. The molecule has 6 bridgehead atoms. The fourth-order valence-corrected chi connectivity index (χ4v) is 11.3. The molecule has 5 saturated heterocycles. The maximum Gasteiger partial charge on any atom is 0.303 e. The average Bonchev–Trinajstić information content (AvgIpc) is 3.29. The van der Waals surface area contributed by atoms with Gasteiger partial charge in [0.25, 0.3) is 0 Å². The molecule has 9 nitrogen and oxygen atoms in total. The first-order valence-electron chi connectivity index (χ1n) is 18.4. The Bertz CT molecular complexity index is 1210. The van der Waals surface area contributed by atoms with Crippen molar-refractivity contribution in [1.29, 1.82) is 0 Å². The highest BCUT2D eigenvalue weighted by Crippen LogP contribution is 2.74. The summed E-state index contributed by atoms with van der Waals surface area (Å²) in [7, 11) is 0. The van der Waals surface area contributed by atoms with Crippen molar-refractivity contribution in [3.8, 4) is 0 Å². The number of carbonyl (C=O) groups excluding carboxylic acids is 3. The van der Waals surface area contributed by atoms with Gasteiger partial charge in [-0.25, -0.2) is 0 Å². The van der Waals surface area contributed by atoms with E-state index >= 15 is 0 Å². The Morgan fingerprint density at radius 3 is 2.26 bits per heavy atom. The van der Waals surface area contributed by atoms with Gasteiger partial charge >= 0.3 is 11.9 Å². The molecule has 0 aromatic heterocycles. The van der Waals surface area contributed by atoms with Crippen molar-refractivity contribution in [2.45, 2.75) is 141 Å². The summed E-state index contributed by atoms with van der Waals surface area (Å²) in [5, 5.41) is 21.9. The van der Waals surface area contributed by atoms with E-state index < -0.39 is 29.9 Å². The molecule has 1 aliphatic carbocycles. The van der Waals surface area contributed by atoms with Gasteiger partial charge in [-0.15, -0.1) is 0 Å². The zero-order valence-electron chi connectivity index (χ0n) is 28.9. The van der Waals surface area contributed by atoms with Gasteiger partial charge in [0, 0.05) is 38.1 Å². The van der Waals surface area contributed by atoms with Crippen LogP contribution in [0.25, 0.3) is 0 Å². The molecule has 0 aromatic carbocycles. The van der Waals surface area contributed by atoms with Gasteiger partial charge in [-0.2, -0.15) is 0 Å². The molecule has 6 heterocycles. The lowest BCUT2D eigenvalue weighted by atomic mass is 9.52. The molecule has 1 saturated carbocycles. The quantitative estimate of drug-likeness (QED) is 0.262. The van der Waals surface area contributed by atoms with Crippen LogP contribution in [0.1, 0.15) is 111 Å². The molecule has 262 valence electrons. The number of hydrogen-bond donors (Lipinski definition) is 1. The number of allylic oxidation sites excluding steroid dienone is 5. The lowest BCUT2D eigenvalue weighted by molar-refractivity contribution is -1.00. The molecule has 6 fully saturated rings. The van der Waals surface area contributed by atoms with Gasteiger partial charge in [0.2, 0.25) is 0 Å². The van der Waals surface area contributed by atoms with Crippen molar-refractivity contribution in [3.05, 3.63) is 36.5 Å². The third-order valence-electron chi connectivity index (χ3n) is 12.3. The summed E-state index contributed by atoms with van der Waals surface area (Å²) in [5.41, 5.74) is -0.783. The normalized spacial score (nSPS) is 42.4. The third kappa shape index (κ3) is 6.73. The van der Waals surface area contributed by atoms with Crippen LogP contribution in [0.5, 0.6) is 0 Å². The number of aliphatic hydroxyl groups is 1. The Morgan fingerprint density at radius 2 is 1.55 bits per heavy atom. The molecule has 7 rings (SSSR count). The number of quaternary nitrogens is 1. The summed E-state index contributed by atoms with van der Waals surface area (Å²) in [6.07, 6.45) is 26.5. The number of aliphatic carboxylic acids is 1. The smallest absolute Gasteiger partial charge is 0.303 e. The molecule has 3 spiro atoms. The SMILES string of the molecule is CC(=O)O[C@@H]1[C@H](OC(C)=O)/C=C/C=C\C/C=C\CCC[N+]23C[C@@H]4CC5(CCCCCCCCCCN6CCC4[C@]12C65)C3O.CC(=O)[O-]. The number of carboxylic acids is 1. The number of rotatable bonds is 2. The maximum atomic E-state index is 13.1. The fraction of sp³-hybridized carbons (Fsp3) is 0.763. The molecule has 0 radical (unpaired) electrons. The number of nitrogens with zero attached hydrogens (tertiary/aromatic N) is 2. The summed E-state index contributed by atoms with van der Waals surface area (Å²) < 4.78 is 13.3. The maximum absolute atomic E-state index is 13.1. The topological polar surface area (TPSA) is 116 Å². The zero-order chi connectivity index (χ0) is 33.7. The summed E-state index contributed by atoms with van der Waals surface area (Å²) >= 11 is 0. The van der Waals surface area contributed by atoms with Gasteiger partial charge in [0.1, 0.15) is 0 Å². The zero-order valence-corrected chi connectivity index (χ0v) is 28.9. The van der Waals surface area contributed by atoms with Gasteiger partial charge < -0.3 is 24.5 Å². The lowest BCUT2D eigenvalue weighted by Crippen LogP contribution is -2.77. The molecule has 6 aliphatic heterocycles. The Labute approximate surface area is 281 Å². The molecule has 9 heteroatoms. The second-order valence-electron chi connectivity index (χ2n) is 15.1. The predicted octanol–water partition coefficient (Wildman–Crippen LogP) is 4.58. The van der Waals surface area contributed by atoms with E-state index in [9.17, 15) is 14.7 Å². The lowest BCUT2D eigenvalue weighted by Gasteiger charge is -2.59. The van der Waals surface area contributed by atoms with Gasteiger partial charge in [0.15, 0.2) is 24.0 Å². The molecule has 47 heavy (non-hydrogen) atoms. The van der Waals surface area contributed by atoms with E-state index in [1.165, 1.54) is 52.4 Å². The number of ether oxygens (including phenoxy) is 2. The van der Waals surface area contributed by atoms with E-state index in [2.05, 4.69) is 23.1 Å². The first-order chi connectivity index (χ1) is 22.6. The molecule has 9 atom stereocenters. The summed E-state index contributed by atoms with van der Waals surface area (Å²) in [5.74, 6) is -1.01. The van der Waals surface area contributed by atoms with Crippen molar-refractivity contribution >= 4 is 17.9 Å². The minimum absolute atomic E-state index is 0.0862. The number of carboxylic acid groups (broad SMARTS) is 1. The van der Waals surface area contributed by atoms with Gasteiger partial charge in [-0.05, 0) is 64.6 Å². The van der Waals surface area contributed by atoms with Crippen LogP contribution in [-0.4, -0.2) is 88.6 Å². The summed E-state index contributed by atoms with van der Waals surface area (Å²) in [6, 6.07) is 0.0862. The van der Waals surface area contributed by atoms with E-state index in [-0.39, 0.29) is 23.4 Å². The van der Waals surface area contributed by atoms with Crippen molar-refractivity contribution in [2.75, 3.05) is 26.2 Å². The number of aliphatic hydroxyl groups excluding tert-OH is 1. The van der Waals surface area contributed by atoms with Crippen LogP contribution in [0.2, 0.25) is 0 Å². The van der Waals surface area contributed by atoms with Crippen LogP contribution < -0.4 is 5.11 Å². The number of esters is 2. The van der Waals surface area contributed by atoms with E-state index in [0.717, 1.165) is 84.5 Å². The highest BCUT2D eigenvalue weighted by molar-refractivity contribution is 5.68. The molecular weight excluding hydrogens is 596 g/mol. The van der Waals surface area contributed by atoms with Crippen LogP contribution >= 0.6 is 0 Å². The molecule has 5 unspecified atom stereocenters. The first-order valence-corrected chi connectivity index (χ1v) is 18.4. The van der Waals surface area contributed by atoms with Crippen LogP contribution in [0.3, 0.4) is 0 Å². The average molecular weight is 655 g/mol. The van der Waals surface area contributed by atoms with Crippen LogP contribution in [0, 0.1) is 17.3 Å². The Kier molecular flexibility index (Phi) is 11.7. The highest BCUT2D eigenvalue weighted by atomic mass is 16.6. The van der Waals surface area contributed by atoms with E-state index in [1.807, 2.05) is 18.2 Å². The molecule has 0 aromatic rings. The van der Waals surface area contributed by atoms with Crippen LogP contribution in [-0.2, 0) is 23.9 Å².